The van der Waals surface area contributed by atoms with Crippen molar-refractivity contribution in [2.24, 2.45) is 0 Å². The Labute approximate surface area is 181 Å². The van der Waals surface area contributed by atoms with Gasteiger partial charge in [0.15, 0.2) is 0 Å². The molecule has 0 unspecified atom stereocenters. The molecule has 3 heterocycles. The van der Waals surface area contributed by atoms with Crippen molar-refractivity contribution in [3.8, 4) is 0 Å². The number of hydrogen-bond donors (Lipinski definition) is 1. The monoisotopic (exact) mass is 425 g/mol. The number of likely N-dealkylation sites (N-methyl/N-ethyl adjacent to an activating group) is 1. The summed E-state index contributed by atoms with van der Waals surface area (Å²) in [7, 11) is 3.87. The van der Waals surface area contributed by atoms with E-state index in [0.717, 1.165) is 31.1 Å². The Morgan fingerprint density at radius 1 is 1.26 bits per heavy atom. The summed E-state index contributed by atoms with van der Waals surface area (Å²) in [4.78, 5) is 25.9. The van der Waals surface area contributed by atoms with Crippen LogP contribution in [0.15, 0.2) is 42.0 Å². The summed E-state index contributed by atoms with van der Waals surface area (Å²) in [5, 5.41) is 3.10. The number of nitrogens with one attached hydrogen (secondary N) is 1. The maximum absolute atomic E-state index is 13.3. The molecule has 164 valence electrons. The fourth-order valence-electron chi connectivity index (χ4n) is 4.06. The van der Waals surface area contributed by atoms with Crippen LogP contribution < -0.4 is 10.2 Å². The Morgan fingerprint density at radius 2 is 2.06 bits per heavy atom. The highest BCUT2D eigenvalue weighted by atomic mass is 19.1. The van der Waals surface area contributed by atoms with Gasteiger partial charge in [-0.05, 0) is 43.3 Å². The van der Waals surface area contributed by atoms with Crippen LogP contribution in [0.5, 0.6) is 0 Å². The van der Waals surface area contributed by atoms with Crippen LogP contribution in [0.3, 0.4) is 0 Å². The maximum Gasteiger partial charge on any atom is 0.227 e. The Hall–Kier alpha value is -2.84. The van der Waals surface area contributed by atoms with Gasteiger partial charge in [-0.2, -0.15) is 0 Å². The fourth-order valence-corrected chi connectivity index (χ4v) is 4.06. The van der Waals surface area contributed by atoms with E-state index in [1.54, 1.807) is 17.0 Å². The Morgan fingerprint density at radius 3 is 2.77 bits per heavy atom. The van der Waals surface area contributed by atoms with Crippen LogP contribution in [0.4, 0.5) is 15.9 Å². The van der Waals surface area contributed by atoms with Gasteiger partial charge in [-0.25, -0.2) is 14.4 Å². The minimum absolute atomic E-state index is 0.0177. The van der Waals surface area contributed by atoms with Gasteiger partial charge in [0.2, 0.25) is 5.91 Å². The van der Waals surface area contributed by atoms with Gasteiger partial charge in [-0.15, -0.1) is 0 Å². The molecule has 0 saturated carbocycles. The lowest BCUT2D eigenvalue weighted by Crippen LogP contribution is -2.25. The minimum Gasteiger partial charge on any atom is -0.377 e. The highest BCUT2D eigenvalue weighted by Gasteiger charge is 2.33. The van der Waals surface area contributed by atoms with Crippen LogP contribution >= 0.6 is 0 Å². The molecular formula is C23H28FN5O2. The van der Waals surface area contributed by atoms with Crippen LogP contribution in [0.2, 0.25) is 0 Å². The average molecular weight is 426 g/mol. The van der Waals surface area contributed by atoms with E-state index in [9.17, 15) is 9.18 Å². The molecule has 1 aromatic heterocycles. The smallest absolute Gasteiger partial charge is 0.227 e. The molecule has 0 spiro atoms. The molecule has 1 amide bonds. The number of ether oxygens (including phenoxy) is 1. The van der Waals surface area contributed by atoms with Crippen molar-refractivity contribution >= 4 is 17.4 Å². The zero-order valence-corrected chi connectivity index (χ0v) is 18.0. The average Bonchev–Trinajstić information content (AvgIpc) is 3.16. The minimum atomic E-state index is -0.314. The lowest BCUT2D eigenvalue weighted by Gasteiger charge is -2.21. The number of hydrogen-bond acceptors (Lipinski definition) is 6. The van der Waals surface area contributed by atoms with E-state index in [4.69, 9.17) is 9.72 Å². The second-order valence-electron chi connectivity index (χ2n) is 8.10. The van der Waals surface area contributed by atoms with Crippen LogP contribution in [0, 0.1) is 5.82 Å². The van der Waals surface area contributed by atoms with Gasteiger partial charge in [0.25, 0.3) is 0 Å². The Bertz CT molecular complexity index is 963. The standard InChI is InChI=1S/C23H28FN5O2/c1-25-21-11-20(17-10-23(30)29(13-17)19-7-5-18(24)6-8-19)26-22(27-21)14-28(2)12-16-4-3-9-31-15-16/h4-8,11,17H,3,9-10,12-15H2,1-2H3,(H,25,26,27)/t17-/m0/s1. The SMILES string of the molecule is CNc1cc([C@H]2CC(=O)N(c3ccc(F)cc3)C2)nc(CN(C)CC2=CCCOC2)n1. The van der Waals surface area contributed by atoms with Crippen LogP contribution in [0.25, 0.3) is 0 Å². The lowest BCUT2D eigenvalue weighted by molar-refractivity contribution is -0.117. The predicted molar refractivity (Wildman–Crippen MR) is 118 cm³/mol. The van der Waals surface area contributed by atoms with Crippen LogP contribution in [-0.4, -0.2) is 61.2 Å². The zero-order chi connectivity index (χ0) is 21.8. The summed E-state index contributed by atoms with van der Waals surface area (Å²) in [6, 6.07) is 7.94. The molecule has 0 bridgehead atoms. The molecule has 1 N–H and O–H groups in total. The number of carbonyl (C=O) groups is 1. The molecule has 2 aliphatic heterocycles. The molecule has 2 aromatic rings. The fraction of sp³-hybridized carbons (Fsp3) is 0.435. The number of benzene rings is 1. The van der Waals surface area contributed by atoms with Gasteiger partial charge in [-0.1, -0.05) is 6.08 Å². The number of anilines is 2. The van der Waals surface area contributed by atoms with Crippen molar-refractivity contribution in [1.82, 2.24) is 14.9 Å². The Kier molecular flexibility index (Phi) is 6.58. The highest BCUT2D eigenvalue weighted by Crippen LogP contribution is 2.32. The molecule has 1 saturated heterocycles. The van der Waals surface area contributed by atoms with Gasteiger partial charge < -0.3 is 15.0 Å². The van der Waals surface area contributed by atoms with Crippen molar-refractivity contribution < 1.29 is 13.9 Å². The number of carbonyl (C=O) groups excluding carboxylic acids is 1. The molecule has 4 rings (SSSR count). The summed E-state index contributed by atoms with van der Waals surface area (Å²) < 4.78 is 18.8. The molecule has 2 aliphatic rings. The molecule has 1 fully saturated rings. The van der Waals surface area contributed by atoms with Crippen molar-refractivity contribution in [1.29, 1.82) is 0 Å². The van der Waals surface area contributed by atoms with E-state index in [1.165, 1.54) is 17.7 Å². The van der Waals surface area contributed by atoms with E-state index < -0.39 is 0 Å². The molecule has 1 aromatic carbocycles. The normalized spacial score (nSPS) is 19.1. The number of nitrogens with zero attached hydrogens (tertiary/aromatic N) is 4. The largest absolute Gasteiger partial charge is 0.377 e. The third-order valence-electron chi connectivity index (χ3n) is 5.60. The molecule has 0 aliphatic carbocycles. The molecule has 31 heavy (non-hydrogen) atoms. The van der Waals surface area contributed by atoms with E-state index in [1.807, 2.05) is 20.2 Å². The first-order chi connectivity index (χ1) is 15.0. The van der Waals surface area contributed by atoms with E-state index in [0.29, 0.717) is 37.6 Å². The van der Waals surface area contributed by atoms with Crippen molar-refractivity contribution in [3.05, 3.63) is 59.3 Å². The second-order valence-corrected chi connectivity index (χ2v) is 8.10. The molecule has 1 atom stereocenters. The summed E-state index contributed by atoms with van der Waals surface area (Å²) in [5.41, 5.74) is 2.83. The third kappa shape index (κ3) is 5.26. The summed E-state index contributed by atoms with van der Waals surface area (Å²) in [6.45, 7) is 3.39. The number of amides is 1. The quantitative estimate of drug-likeness (QED) is 0.688. The predicted octanol–water partition coefficient (Wildman–Crippen LogP) is 2.96. The first kappa shape index (κ1) is 21.4. The first-order valence-corrected chi connectivity index (χ1v) is 10.6. The molecule has 0 radical (unpaired) electrons. The second kappa shape index (κ2) is 9.53. The van der Waals surface area contributed by atoms with Crippen LogP contribution in [-0.2, 0) is 16.1 Å². The number of aromatic nitrogens is 2. The van der Waals surface area contributed by atoms with Gasteiger partial charge in [0, 0.05) is 44.2 Å². The van der Waals surface area contributed by atoms with Gasteiger partial charge >= 0.3 is 0 Å². The van der Waals surface area contributed by atoms with E-state index in [2.05, 4.69) is 21.3 Å². The van der Waals surface area contributed by atoms with E-state index >= 15 is 0 Å². The van der Waals surface area contributed by atoms with Crippen molar-refractivity contribution in [2.75, 3.05) is 50.6 Å². The van der Waals surface area contributed by atoms with Gasteiger partial charge in [-0.3, -0.25) is 9.69 Å². The summed E-state index contributed by atoms with van der Waals surface area (Å²) in [5.74, 6) is 1.12. The van der Waals surface area contributed by atoms with Gasteiger partial charge in [0.1, 0.15) is 17.5 Å². The van der Waals surface area contributed by atoms with Gasteiger partial charge in [0.05, 0.1) is 25.5 Å². The zero-order valence-electron chi connectivity index (χ0n) is 18.0. The van der Waals surface area contributed by atoms with Crippen molar-refractivity contribution in [2.45, 2.75) is 25.3 Å². The van der Waals surface area contributed by atoms with E-state index in [-0.39, 0.29) is 17.6 Å². The third-order valence-corrected chi connectivity index (χ3v) is 5.60. The maximum atomic E-state index is 13.3. The Balaban J connectivity index is 1.48. The lowest BCUT2D eigenvalue weighted by atomic mass is 10.0. The van der Waals surface area contributed by atoms with Crippen LogP contribution in [0.1, 0.15) is 30.3 Å². The summed E-state index contributed by atoms with van der Waals surface area (Å²) >= 11 is 0. The first-order valence-electron chi connectivity index (χ1n) is 10.6. The molecule has 8 heteroatoms. The number of halogens is 1. The highest BCUT2D eigenvalue weighted by molar-refractivity contribution is 5.96. The molecular weight excluding hydrogens is 397 g/mol. The molecule has 7 nitrogen and oxygen atoms in total. The van der Waals surface area contributed by atoms with Crippen molar-refractivity contribution in [3.63, 3.8) is 0 Å². The number of rotatable bonds is 7. The topological polar surface area (TPSA) is 70.6 Å². The summed E-state index contributed by atoms with van der Waals surface area (Å²) in [6.07, 6.45) is 3.57.